The quantitative estimate of drug-likeness (QED) is 0.700. The molecule has 2 aliphatic heterocycles. The Morgan fingerprint density at radius 2 is 1.66 bits per heavy atom. The van der Waals surface area contributed by atoms with Crippen LogP contribution in [0.3, 0.4) is 0 Å². The summed E-state index contributed by atoms with van der Waals surface area (Å²) < 4.78 is 6.19. The van der Waals surface area contributed by atoms with Gasteiger partial charge in [-0.05, 0) is 56.0 Å². The Morgan fingerprint density at radius 1 is 0.969 bits per heavy atom. The van der Waals surface area contributed by atoms with Gasteiger partial charge in [-0.25, -0.2) is 0 Å². The molecule has 0 N–H and O–H groups in total. The van der Waals surface area contributed by atoms with Crippen LogP contribution >= 0.6 is 0 Å². The van der Waals surface area contributed by atoms with Crippen LogP contribution in [-0.4, -0.2) is 78.4 Å². The number of piperazine rings is 1. The highest BCUT2D eigenvalue weighted by molar-refractivity contribution is 5.98. The number of carbonyl (C=O) groups excluding carboxylic acids is 2. The number of likely N-dealkylation sites (N-methyl/N-ethyl adjacent to an activating group) is 1. The molecule has 2 aromatic carbocycles. The number of likely N-dealkylation sites (tertiary alicyclic amines) is 1. The van der Waals surface area contributed by atoms with Crippen molar-refractivity contribution in [3.8, 4) is 5.75 Å². The molecule has 2 fully saturated rings. The Bertz CT molecular complexity index is 908. The van der Waals surface area contributed by atoms with Gasteiger partial charge < -0.3 is 19.4 Å². The fourth-order valence-electron chi connectivity index (χ4n) is 4.51. The molecule has 2 saturated heterocycles. The number of piperidine rings is 1. The van der Waals surface area contributed by atoms with Crippen molar-refractivity contribution < 1.29 is 14.3 Å². The highest BCUT2D eigenvalue weighted by Gasteiger charge is 2.33. The molecule has 1 atom stereocenters. The van der Waals surface area contributed by atoms with E-state index < -0.39 is 6.04 Å². The van der Waals surface area contributed by atoms with Crippen LogP contribution in [0.2, 0.25) is 0 Å². The lowest BCUT2D eigenvalue weighted by Gasteiger charge is -2.37. The molecule has 32 heavy (non-hydrogen) atoms. The van der Waals surface area contributed by atoms with Crippen LogP contribution in [0.1, 0.15) is 35.7 Å². The SMILES string of the molecule is C[C@H]1C(=O)N(C)CCN1C(=O)c1ccc(OC2CCN(CCc3ccccc3)CC2)cc1. The van der Waals surface area contributed by atoms with E-state index in [1.165, 1.54) is 5.56 Å². The van der Waals surface area contributed by atoms with Crippen molar-refractivity contribution in [1.82, 2.24) is 14.7 Å². The lowest BCUT2D eigenvalue weighted by molar-refractivity contribution is -0.137. The van der Waals surface area contributed by atoms with Gasteiger partial charge >= 0.3 is 0 Å². The molecule has 6 nitrogen and oxygen atoms in total. The summed E-state index contributed by atoms with van der Waals surface area (Å²) in [5, 5.41) is 0. The number of rotatable bonds is 6. The second-order valence-corrected chi connectivity index (χ2v) is 8.85. The van der Waals surface area contributed by atoms with E-state index in [4.69, 9.17) is 4.74 Å². The Morgan fingerprint density at radius 3 is 2.34 bits per heavy atom. The second-order valence-electron chi connectivity index (χ2n) is 8.85. The molecule has 0 spiro atoms. The summed E-state index contributed by atoms with van der Waals surface area (Å²) in [5.41, 5.74) is 1.98. The van der Waals surface area contributed by atoms with Crippen molar-refractivity contribution in [2.75, 3.05) is 39.8 Å². The van der Waals surface area contributed by atoms with Gasteiger partial charge in [-0.15, -0.1) is 0 Å². The molecule has 0 unspecified atom stereocenters. The molecule has 0 bridgehead atoms. The van der Waals surface area contributed by atoms with E-state index >= 15 is 0 Å². The molecule has 0 aromatic heterocycles. The van der Waals surface area contributed by atoms with Gasteiger partial charge in [-0.1, -0.05) is 30.3 Å². The predicted octanol–water partition coefficient (Wildman–Crippen LogP) is 3.08. The number of ether oxygens (including phenoxy) is 1. The molecular formula is C26H33N3O3. The van der Waals surface area contributed by atoms with E-state index in [9.17, 15) is 9.59 Å². The van der Waals surface area contributed by atoms with E-state index in [0.29, 0.717) is 18.7 Å². The topological polar surface area (TPSA) is 53.1 Å². The monoisotopic (exact) mass is 435 g/mol. The molecule has 2 aliphatic rings. The van der Waals surface area contributed by atoms with E-state index in [2.05, 4.69) is 35.2 Å². The number of nitrogens with zero attached hydrogens (tertiary/aromatic N) is 3. The minimum atomic E-state index is -0.427. The van der Waals surface area contributed by atoms with Crippen LogP contribution in [0, 0.1) is 0 Å². The summed E-state index contributed by atoms with van der Waals surface area (Å²) in [6.07, 6.45) is 3.31. The first kappa shape index (κ1) is 22.3. The summed E-state index contributed by atoms with van der Waals surface area (Å²) in [6, 6.07) is 17.6. The molecule has 2 amide bonds. The van der Waals surface area contributed by atoms with E-state index in [1.807, 2.05) is 24.3 Å². The molecule has 4 rings (SSSR count). The predicted molar refractivity (Wildman–Crippen MR) is 125 cm³/mol. The van der Waals surface area contributed by atoms with Crippen LogP contribution in [0.4, 0.5) is 0 Å². The van der Waals surface area contributed by atoms with Crippen LogP contribution in [-0.2, 0) is 11.2 Å². The number of benzene rings is 2. The summed E-state index contributed by atoms with van der Waals surface area (Å²) in [6.45, 7) is 6.09. The molecule has 0 aliphatic carbocycles. The maximum atomic E-state index is 12.9. The Balaban J connectivity index is 1.24. The van der Waals surface area contributed by atoms with Crippen LogP contribution < -0.4 is 4.74 Å². The number of carbonyl (C=O) groups is 2. The normalized spacial score (nSPS) is 20.4. The first-order valence-electron chi connectivity index (χ1n) is 11.6. The van der Waals surface area contributed by atoms with Crippen molar-refractivity contribution >= 4 is 11.8 Å². The lowest BCUT2D eigenvalue weighted by atomic mass is 10.1. The van der Waals surface area contributed by atoms with Gasteiger partial charge in [0.05, 0.1) is 0 Å². The zero-order chi connectivity index (χ0) is 22.5. The summed E-state index contributed by atoms with van der Waals surface area (Å²) in [4.78, 5) is 30.9. The zero-order valence-corrected chi connectivity index (χ0v) is 19.1. The molecule has 170 valence electrons. The maximum Gasteiger partial charge on any atom is 0.254 e. The molecule has 2 heterocycles. The van der Waals surface area contributed by atoms with Crippen molar-refractivity contribution in [3.05, 3.63) is 65.7 Å². The lowest BCUT2D eigenvalue weighted by Crippen LogP contribution is -2.56. The largest absolute Gasteiger partial charge is 0.490 e. The zero-order valence-electron chi connectivity index (χ0n) is 19.1. The Kier molecular flexibility index (Phi) is 7.10. The maximum absolute atomic E-state index is 12.9. The number of hydrogen-bond donors (Lipinski definition) is 0. The van der Waals surface area contributed by atoms with E-state index in [0.717, 1.165) is 44.6 Å². The third kappa shape index (κ3) is 5.30. The van der Waals surface area contributed by atoms with Crippen molar-refractivity contribution in [3.63, 3.8) is 0 Å². The van der Waals surface area contributed by atoms with Gasteiger partial charge in [0.1, 0.15) is 17.9 Å². The van der Waals surface area contributed by atoms with Crippen molar-refractivity contribution in [2.24, 2.45) is 0 Å². The average Bonchev–Trinajstić information content (AvgIpc) is 2.83. The molecule has 2 aromatic rings. The fraction of sp³-hybridized carbons (Fsp3) is 0.462. The summed E-state index contributed by atoms with van der Waals surface area (Å²) in [7, 11) is 1.78. The van der Waals surface area contributed by atoms with Gasteiger partial charge in [0.15, 0.2) is 0 Å². The third-order valence-corrected chi connectivity index (χ3v) is 6.64. The first-order chi connectivity index (χ1) is 15.5. The van der Waals surface area contributed by atoms with Gasteiger partial charge in [-0.3, -0.25) is 9.59 Å². The van der Waals surface area contributed by atoms with E-state index in [1.54, 1.807) is 23.8 Å². The third-order valence-electron chi connectivity index (χ3n) is 6.64. The Labute approximate surface area is 190 Å². The van der Waals surface area contributed by atoms with Crippen LogP contribution in [0.5, 0.6) is 5.75 Å². The first-order valence-corrected chi connectivity index (χ1v) is 11.6. The standard InChI is InChI=1S/C26H33N3O3/c1-20-25(30)27(2)18-19-29(20)26(31)22-8-10-23(11-9-22)32-24-13-16-28(17-14-24)15-12-21-6-4-3-5-7-21/h3-11,20,24H,12-19H2,1-2H3/t20-/m0/s1. The number of amides is 2. The van der Waals surface area contributed by atoms with Gasteiger partial charge in [0, 0.05) is 45.3 Å². The minimum Gasteiger partial charge on any atom is -0.490 e. The highest BCUT2D eigenvalue weighted by atomic mass is 16.5. The molecule has 0 radical (unpaired) electrons. The van der Waals surface area contributed by atoms with Gasteiger partial charge in [0.25, 0.3) is 5.91 Å². The van der Waals surface area contributed by atoms with Gasteiger partial charge in [0.2, 0.25) is 5.91 Å². The van der Waals surface area contributed by atoms with Gasteiger partial charge in [-0.2, -0.15) is 0 Å². The highest BCUT2D eigenvalue weighted by Crippen LogP contribution is 2.21. The fourth-order valence-corrected chi connectivity index (χ4v) is 4.51. The van der Waals surface area contributed by atoms with Crippen LogP contribution in [0.25, 0.3) is 0 Å². The summed E-state index contributed by atoms with van der Waals surface area (Å²) >= 11 is 0. The number of hydrogen-bond acceptors (Lipinski definition) is 4. The smallest absolute Gasteiger partial charge is 0.254 e. The van der Waals surface area contributed by atoms with E-state index in [-0.39, 0.29) is 17.9 Å². The summed E-state index contributed by atoms with van der Waals surface area (Å²) in [5.74, 6) is 0.684. The molecule has 6 heteroatoms. The van der Waals surface area contributed by atoms with Crippen molar-refractivity contribution in [1.29, 1.82) is 0 Å². The Hall–Kier alpha value is -2.86. The van der Waals surface area contributed by atoms with Crippen LogP contribution in [0.15, 0.2) is 54.6 Å². The minimum absolute atomic E-state index is 0.0142. The van der Waals surface area contributed by atoms with Crippen molar-refractivity contribution in [2.45, 2.75) is 38.3 Å². The average molecular weight is 436 g/mol. The molecular weight excluding hydrogens is 402 g/mol. The molecule has 0 saturated carbocycles. The second kappa shape index (κ2) is 10.2.